The van der Waals surface area contributed by atoms with Crippen LogP contribution in [0, 0.1) is 0 Å². The van der Waals surface area contributed by atoms with E-state index < -0.39 is 0 Å². The molecule has 7 nitrogen and oxygen atoms in total. The summed E-state index contributed by atoms with van der Waals surface area (Å²) < 4.78 is 0. The molecule has 1 aliphatic carbocycles. The van der Waals surface area contributed by atoms with Crippen LogP contribution >= 0.6 is 0 Å². The lowest BCUT2D eigenvalue weighted by Gasteiger charge is -2.34. The molecule has 2 aliphatic rings. The molecule has 0 radical (unpaired) electrons. The average molecular weight is 328 g/mol. The number of aromatic nitrogens is 5. The normalized spacial score (nSPS) is 21.7. The van der Waals surface area contributed by atoms with Crippen molar-refractivity contribution >= 4 is 5.91 Å². The number of aromatic amines is 2. The molecule has 0 bridgehead atoms. The van der Waals surface area contributed by atoms with Crippen LogP contribution in [0.2, 0.25) is 0 Å². The minimum absolute atomic E-state index is 0.0146. The van der Waals surface area contributed by atoms with E-state index in [0.29, 0.717) is 5.92 Å². The molecule has 1 unspecified atom stereocenters. The fourth-order valence-electron chi connectivity index (χ4n) is 3.95. The van der Waals surface area contributed by atoms with Gasteiger partial charge in [0.1, 0.15) is 5.82 Å². The molecule has 2 aromatic heterocycles. The van der Waals surface area contributed by atoms with Crippen molar-refractivity contribution in [2.45, 2.75) is 57.3 Å². The number of rotatable bonds is 3. The molecule has 3 heterocycles. The molecule has 1 aliphatic heterocycles. The Balaban J connectivity index is 1.40. The Hall–Kier alpha value is -2.18. The molecule has 2 aromatic rings. The highest BCUT2D eigenvalue weighted by Crippen LogP contribution is 2.34. The maximum absolute atomic E-state index is 13.0. The van der Waals surface area contributed by atoms with E-state index in [0.717, 1.165) is 74.5 Å². The third-order valence-electron chi connectivity index (χ3n) is 5.40. The molecule has 0 spiro atoms. The second kappa shape index (κ2) is 6.37. The van der Waals surface area contributed by atoms with Gasteiger partial charge < -0.3 is 4.90 Å². The number of hydrogen-bond acceptors (Lipinski definition) is 4. The van der Waals surface area contributed by atoms with Crippen molar-refractivity contribution in [3.63, 3.8) is 0 Å². The van der Waals surface area contributed by atoms with Crippen LogP contribution < -0.4 is 0 Å². The predicted molar refractivity (Wildman–Crippen MR) is 88.6 cm³/mol. The smallest absolute Gasteiger partial charge is 0.230 e. The van der Waals surface area contributed by atoms with E-state index in [4.69, 9.17) is 0 Å². The molecule has 0 saturated carbocycles. The highest BCUT2D eigenvalue weighted by atomic mass is 16.2. The topological polar surface area (TPSA) is 90.6 Å². The molecular formula is C17H24N6O. The summed E-state index contributed by atoms with van der Waals surface area (Å²) in [5.74, 6) is 2.47. The number of carbonyl (C=O) groups is 1. The highest BCUT2D eigenvalue weighted by molar-refractivity contribution is 5.84. The molecule has 128 valence electrons. The minimum atomic E-state index is -0.0146. The number of fused-ring (bicyclic) bond motifs is 1. The third-order valence-corrected chi connectivity index (χ3v) is 5.40. The van der Waals surface area contributed by atoms with Gasteiger partial charge in [-0.2, -0.15) is 10.2 Å². The Labute approximate surface area is 141 Å². The van der Waals surface area contributed by atoms with Crippen LogP contribution in [0.15, 0.2) is 6.20 Å². The van der Waals surface area contributed by atoms with Crippen molar-refractivity contribution in [3.8, 4) is 0 Å². The zero-order chi connectivity index (χ0) is 16.5. The molecule has 1 fully saturated rings. The zero-order valence-corrected chi connectivity index (χ0v) is 14.1. The molecule has 2 N–H and O–H groups in total. The first-order valence-corrected chi connectivity index (χ1v) is 8.98. The molecule has 4 rings (SSSR count). The van der Waals surface area contributed by atoms with Crippen molar-refractivity contribution in [2.75, 3.05) is 13.1 Å². The first-order chi connectivity index (χ1) is 11.8. The Kier molecular flexibility index (Phi) is 4.08. The number of H-pyrrole nitrogens is 2. The first kappa shape index (κ1) is 15.4. The first-order valence-electron chi connectivity index (χ1n) is 8.98. The fourth-order valence-corrected chi connectivity index (χ4v) is 3.95. The molecule has 1 atom stereocenters. The molecule has 24 heavy (non-hydrogen) atoms. The van der Waals surface area contributed by atoms with Gasteiger partial charge in [0.25, 0.3) is 0 Å². The lowest BCUT2D eigenvalue weighted by Crippen LogP contribution is -2.41. The highest BCUT2D eigenvalue weighted by Gasteiger charge is 2.33. The lowest BCUT2D eigenvalue weighted by atomic mass is 9.85. The van der Waals surface area contributed by atoms with Crippen LogP contribution in [0.4, 0.5) is 0 Å². The van der Waals surface area contributed by atoms with Gasteiger partial charge in [-0.05, 0) is 32.1 Å². The van der Waals surface area contributed by atoms with Crippen LogP contribution in [0.5, 0.6) is 0 Å². The Bertz CT molecular complexity index is 712. The summed E-state index contributed by atoms with van der Waals surface area (Å²) in [7, 11) is 0. The summed E-state index contributed by atoms with van der Waals surface area (Å²) in [6.45, 7) is 3.66. The van der Waals surface area contributed by atoms with Crippen LogP contribution in [0.25, 0.3) is 0 Å². The summed E-state index contributed by atoms with van der Waals surface area (Å²) in [5.41, 5.74) is 2.25. The Morgan fingerprint density at radius 3 is 2.88 bits per heavy atom. The Morgan fingerprint density at radius 2 is 2.12 bits per heavy atom. The predicted octanol–water partition coefficient (Wildman–Crippen LogP) is 1.92. The lowest BCUT2D eigenvalue weighted by molar-refractivity contribution is -0.134. The summed E-state index contributed by atoms with van der Waals surface area (Å²) in [6, 6.07) is 0. The molecule has 1 amide bonds. The van der Waals surface area contributed by atoms with Gasteiger partial charge in [-0.3, -0.25) is 15.0 Å². The van der Waals surface area contributed by atoms with E-state index in [1.807, 2.05) is 11.1 Å². The van der Waals surface area contributed by atoms with Crippen molar-refractivity contribution in [1.82, 2.24) is 30.3 Å². The largest absolute Gasteiger partial charge is 0.342 e. The van der Waals surface area contributed by atoms with Crippen molar-refractivity contribution < 1.29 is 4.79 Å². The second-order valence-electron chi connectivity index (χ2n) is 6.84. The number of amides is 1. The summed E-state index contributed by atoms with van der Waals surface area (Å²) in [4.78, 5) is 19.5. The summed E-state index contributed by atoms with van der Waals surface area (Å²) in [6.07, 6.45) is 7.59. The number of hydrogen-bond donors (Lipinski definition) is 2. The number of carbonyl (C=O) groups excluding carboxylic acids is 1. The molecule has 1 saturated heterocycles. The minimum Gasteiger partial charge on any atom is -0.342 e. The number of aryl methyl sites for hydroxylation is 2. The monoisotopic (exact) mass is 328 g/mol. The molecular weight excluding hydrogens is 304 g/mol. The van der Waals surface area contributed by atoms with E-state index in [1.165, 1.54) is 0 Å². The van der Waals surface area contributed by atoms with Gasteiger partial charge in [0.2, 0.25) is 5.91 Å². The Morgan fingerprint density at radius 1 is 1.29 bits per heavy atom. The standard InChI is InChI=1S/C17H24N6O/c1-2-15-19-16(22-21-15)11-6-8-23(9-7-11)17(24)12-4-3-5-14-13(12)10-18-20-14/h10-12H,2-9H2,1H3,(H,18,20)(H,19,21,22). The maximum atomic E-state index is 13.0. The summed E-state index contributed by atoms with van der Waals surface area (Å²) in [5, 5.41) is 14.5. The number of nitrogens with one attached hydrogen (secondary N) is 2. The van der Waals surface area contributed by atoms with Gasteiger partial charge in [0.15, 0.2) is 5.82 Å². The van der Waals surface area contributed by atoms with Gasteiger partial charge in [-0.25, -0.2) is 4.98 Å². The van der Waals surface area contributed by atoms with E-state index in [9.17, 15) is 4.79 Å². The molecule has 7 heteroatoms. The van der Waals surface area contributed by atoms with Gasteiger partial charge >= 0.3 is 0 Å². The van der Waals surface area contributed by atoms with E-state index in [2.05, 4.69) is 32.3 Å². The molecule has 0 aromatic carbocycles. The van der Waals surface area contributed by atoms with E-state index in [-0.39, 0.29) is 11.8 Å². The van der Waals surface area contributed by atoms with Crippen LogP contribution in [0.3, 0.4) is 0 Å². The number of nitrogens with zero attached hydrogens (tertiary/aromatic N) is 4. The van der Waals surface area contributed by atoms with Crippen molar-refractivity contribution in [3.05, 3.63) is 29.1 Å². The quantitative estimate of drug-likeness (QED) is 0.900. The van der Waals surface area contributed by atoms with Crippen LogP contribution in [0.1, 0.15) is 67.3 Å². The van der Waals surface area contributed by atoms with Crippen LogP contribution in [-0.4, -0.2) is 49.3 Å². The van der Waals surface area contributed by atoms with Crippen molar-refractivity contribution in [1.29, 1.82) is 0 Å². The average Bonchev–Trinajstić information content (AvgIpc) is 3.30. The van der Waals surface area contributed by atoms with Gasteiger partial charge in [0, 0.05) is 36.7 Å². The maximum Gasteiger partial charge on any atom is 0.230 e. The zero-order valence-electron chi connectivity index (χ0n) is 14.1. The van der Waals surface area contributed by atoms with Crippen LogP contribution in [-0.2, 0) is 17.6 Å². The number of piperidine rings is 1. The van der Waals surface area contributed by atoms with Crippen molar-refractivity contribution in [2.24, 2.45) is 0 Å². The fraction of sp³-hybridized carbons (Fsp3) is 0.647. The SMILES string of the molecule is CCc1nc(C2CCN(C(=O)C3CCCc4[nH]ncc43)CC2)n[nH]1. The van der Waals surface area contributed by atoms with Gasteiger partial charge in [-0.1, -0.05) is 6.92 Å². The van der Waals surface area contributed by atoms with Gasteiger partial charge in [0.05, 0.1) is 12.1 Å². The summed E-state index contributed by atoms with van der Waals surface area (Å²) >= 11 is 0. The van der Waals surface area contributed by atoms with E-state index >= 15 is 0 Å². The number of likely N-dealkylation sites (tertiary alicyclic amines) is 1. The van der Waals surface area contributed by atoms with E-state index in [1.54, 1.807) is 0 Å². The van der Waals surface area contributed by atoms with Gasteiger partial charge in [-0.15, -0.1) is 0 Å². The third kappa shape index (κ3) is 2.72. The second-order valence-corrected chi connectivity index (χ2v) is 6.84.